The van der Waals surface area contributed by atoms with Gasteiger partial charge in [-0.25, -0.2) is 5.26 Å². The molecule has 250 valence electrons. The van der Waals surface area contributed by atoms with Crippen LogP contribution in [-0.4, -0.2) is 48.1 Å². The molecule has 2 amide bonds. The highest BCUT2D eigenvalue weighted by Gasteiger charge is 2.27. The molecule has 1 aliphatic rings. The Balaban J connectivity index is 1.48. The summed E-state index contributed by atoms with van der Waals surface area (Å²) in [6, 6.07) is 14.1. The fraction of sp³-hybridized carbons (Fsp3) is 0. The van der Waals surface area contributed by atoms with Gasteiger partial charge in [-0.05, 0) is 60.7 Å². The van der Waals surface area contributed by atoms with Gasteiger partial charge in [-0.2, -0.15) is 21.9 Å². The van der Waals surface area contributed by atoms with Crippen molar-refractivity contribution in [3.8, 4) is 5.75 Å². The first-order valence-corrected chi connectivity index (χ1v) is 16.9. The van der Waals surface area contributed by atoms with E-state index >= 15 is 0 Å². The number of nitrogen functional groups attached to an aromatic ring is 1. The van der Waals surface area contributed by atoms with Crippen molar-refractivity contribution in [1.82, 2.24) is 5.32 Å². The number of phenolic OH excluding ortho intramolecular Hbond substituents is 1. The fourth-order valence-corrected chi connectivity index (χ4v) is 6.78. The highest BCUT2D eigenvalue weighted by Crippen LogP contribution is 2.47. The first-order valence-electron chi connectivity index (χ1n) is 13.2. The molecular formula is C28H18N6O12S3. The summed E-state index contributed by atoms with van der Waals surface area (Å²) < 4.78 is 72.1. The van der Waals surface area contributed by atoms with Crippen molar-refractivity contribution in [3.63, 3.8) is 0 Å². The number of rotatable bonds is 9. The summed E-state index contributed by atoms with van der Waals surface area (Å²) in [5.74, 6) is -1.79. The molecule has 18 nitrogen and oxygen atoms in total. The summed E-state index contributed by atoms with van der Waals surface area (Å²) in [5.41, 5.74) is 5.77. The number of carbonyl (C=O) groups excluding carboxylic acids is 2. The predicted octanol–water partition coefficient (Wildman–Crippen LogP) is 5.92. The second-order valence-electron chi connectivity index (χ2n) is 10.1. The average molecular weight is 727 g/mol. The lowest BCUT2D eigenvalue weighted by molar-refractivity contribution is -0.432. The third-order valence-electron chi connectivity index (χ3n) is 7.12. The Kier molecular flexibility index (Phi) is 8.60. The lowest BCUT2D eigenvalue weighted by Gasteiger charge is -2.13. The summed E-state index contributed by atoms with van der Waals surface area (Å²) in [5, 5.41) is 42.2. The van der Waals surface area contributed by atoms with Crippen molar-refractivity contribution < 1.29 is 55.3 Å². The van der Waals surface area contributed by atoms with E-state index in [0.29, 0.717) is 0 Å². The van der Waals surface area contributed by atoms with Gasteiger partial charge in [0.05, 0.1) is 55.7 Å². The number of imide groups is 1. The Morgan fingerprint density at radius 2 is 1.39 bits per heavy atom. The van der Waals surface area contributed by atoms with Crippen LogP contribution in [0.4, 0.5) is 28.4 Å². The second-order valence-corrected chi connectivity index (χ2v) is 13.6. The second kappa shape index (κ2) is 12.6. The average Bonchev–Trinajstić information content (AvgIpc) is 3.33. The SMILES string of the molecule is Nc1ccc2c(O)c(N=Nc3ccc(N=Nc4ccc5c(c4)C(=O)NC5=O)c4ccc(S(=O)(=O)O)cc34)c(SOOO)cc2c1S(=O)(=O)O. The monoisotopic (exact) mass is 726 g/mol. The van der Waals surface area contributed by atoms with E-state index in [9.17, 15) is 40.6 Å². The van der Waals surface area contributed by atoms with E-state index in [4.69, 9.17) is 11.0 Å². The van der Waals surface area contributed by atoms with Gasteiger partial charge >= 0.3 is 0 Å². The Labute approximate surface area is 278 Å². The Hall–Kier alpha value is -5.39. The molecule has 0 saturated heterocycles. The lowest BCUT2D eigenvalue weighted by Crippen LogP contribution is -2.19. The van der Waals surface area contributed by atoms with Crippen molar-refractivity contribution in [2.75, 3.05) is 5.73 Å². The van der Waals surface area contributed by atoms with E-state index in [-0.39, 0.29) is 78.0 Å². The molecule has 21 heteroatoms. The minimum Gasteiger partial charge on any atom is -0.505 e. The largest absolute Gasteiger partial charge is 0.505 e. The summed E-state index contributed by atoms with van der Waals surface area (Å²) in [6.07, 6.45) is 0. The zero-order valence-electron chi connectivity index (χ0n) is 24.0. The van der Waals surface area contributed by atoms with E-state index in [1.165, 1.54) is 42.5 Å². The zero-order valence-corrected chi connectivity index (χ0v) is 26.4. The molecule has 0 aliphatic carbocycles. The first-order chi connectivity index (χ1) is 23.2. The van der Waals surface area contributed by atoms with Crippen molar-refractivity contribution in [2.24, 2.45) is 20.5 Å². The number of amides is 2. The highest BCUT2D eigenvalue weighted by molar-refractivity contribution is 7.94. The van der Waals surface area contributed by atoms with E-state index in [1.807, 2.05) is 0 Å². The highest BCUT2D eigenvalue weighted by atomic mass is 32.2. The number of benzene rings is 5. The minimum atomic E-state index is -4.90. The van der Waals surface area contributed by atoms with Gasteiger partial charge in [0.25, 0.3) is 32.1 Å². The lowest BCUT2D eigenvalue weighted by atomic mass is 10.1. The van der Waals surface area contributed by atoms with Crippen LogP contribution >= 0.6 is 12.0 Å². The predicted molar refractivity (Wildman–Crippen MR) is 171 cm³/mol. The summed E-state index contributed by atoms with van der Waals surface area (Å²) in [7, 11) is -9.59. The van der Waals surface area contributed by atoms with Gasteiger partial charge in [0.1, 0.15) is 10.6 Å². The molecule has 0 saturated carbocycles. The van der Waals surface area contributed by atoms with E-state index in [2.05, 4.69) is 35.1 Å². The molecule has 0 atom stereocenters. The number of nitrogens with one attached hydrogen (secondary N) is 1. The molecule has 0 aromatic heterocycles. The van der Waals surface area contributed by atoms with Crippen LogP contribution in [0.25, 0.3) is 21.5 Å². The fourth-order valence-electron chi connectivity index (χ4n) is 4.97. The van der Waals surface area contributed by atoms with Gasteiger partial charge in [-0.15, -0.1) is 19.7 Å². The quantitative estimate of drug-likeness (QED) is 0.0196. The van der Waals surface area contributed by atoms with Crippen LogP contribution in [0, 0.1) is 0 Å². The third-order valence-corrected chi connectivity index (χ3v) is 9.56. The number of hydrogen-bond donors (Lipinski definition) is 6. The number of aromatic hydroxyl groups is 1. The first kappa shape index (κ1) is 33.5. The van der Waals surface area contributed by atoms with Crippen LogP contribution in [0.5, 0.6) is 5.75 Å². The summed E-state index contributed by atoms with van der Waals surface area (Å²) in [4.78, 5) is 22.5. The molecule has 1 heterocycles. The van der Waals surface area contributed by atoms with Gasteiger partial charge in [-0.3, -0.25) is 24.0 Å². The molecule has 49 heavy (non-hydrogen) atoms. The maximum atomic E-state index is 12.1. The minimum absolute atomic E-state index is 0.0159. The van der Waals surface area contributed by atoms with Gasteiger partial charge in [0.2, 0.25) is 0 Å². The number of hydrogen-bond acceptors (Lipinski definition) is 16. The van der Waals surface area contributed by atoms with Crippen LogP contribution in [-0.2, 0) is 29.6 Å². The van der Waals surface area contributed by atoms with Crippen molar-refractivity contribution in [2.45, 2.75) is 14.7 Å². The maximum absolute atomic E-state index is 12.1. The zero-order chi connectivity index (χ0) is 35.2. The van der Waals surface area contributed by atoms with Crippen LogP contribution in [0.2, 0.25) is 0 Å². The molecular weight excluding hydrogens is 709 g/mol. The third kappa shape index (κ3) is 6.42. The maximum Gasteiger partial charge on any atom is 0.297 e. The molecule has 5 aromatic carbocycles. The number of anilines is 1. The Bertz CT molecular complexity index is 2540. The summed E-state index contributed by atoms with van der Waals surface area (Å²) in [6.45, 7) is 0. The number of azo groups is 2. The number of nitrogens with two attached hydrogens (primary N) is 1. The molecule has 1 aliphatic heterocycles. The van der Waals surface area contributed by atoms with Crippen LogP contribution < -0.4 is 11.1 Å². The smallest absolute Gasteiger partial charge is 0.297 e. The number of fused-ring (bicyclic) bond motifs is 3. The van der Waals surface area contributed by atoms with Crippen LogP contribution in [0.1, 0.15) is 20.7 Å². The van der Waals surface area contributed by atoms with Gasteiger partial charge < -0.3 is 10.8 Å². The van der Waals surface area contributed by atoms with Crippen molar-refractivity contribution in [1.29, 1.82) is 0 Å². The standard InChI is InChI=1S/C28H18N6O12S3/c29-20-6-5-15-18(26(20)49(42,43)44)11-23(47-46-45-38)24(25(15)35)34-33-22-8-7-21(14-4-2-13(10-17(14)22)48(39,40)41)32-31-12-1-3-16-19(9-12)28(37)30-27(16)36/h1-11,35,38H,29H2,(H,30,36,37)(H,39,40,41)(H,42,43,44). The Morgan fingerprint density at radius 1 is 0.714 bits per heavy atom. The molecule has 0 spiro atoms. The topological polar surface area (TPSA) is 289 Å². The Morgan fingerprint density at radius 3 is 2.08 bits per heavy atom. The van der Waals surface area contributed by atoms with Crippen LogP contribution in [0.15, 0.2) is 102 Å². The van der Waals surface area contributed by atoms with Crippen molar-refractivity contribution >= 4 is 94.1 Å². The molecule has 0 radical (unpaired) electrons. The number of nitrogens with zero attached hydrogens (tertiary/aromatic N) is 4. The molecule has 0 fully saturated rings. The number of phenols is 1. The van der Waals surface area contributed by atoms with Gasteiger partial charge in [0, 0.05) is 21.5 Å². The molecule has 7 N–H and O–H groups in total. The molecule has 0 unspecified atom stereocenters. The van der Waals surface area contributed by atoms with Crippen molar-refractivity contribution in [3.05, 3.63) is 77.9 Å². The van der Waals surface area contributed by atoms with E-state index in [0.717, 1.165) is 24.3 Å². The number of carbonyl (C=O) groups is 2. The van der Waals surface area contributed by atoms with Crippen LogP contribution in [0.3, 0.4) is 0 Å². The molecule has 5 aromatic rings. The van der Waals surface area contributed by atoms with E-state index in [1.54, 1.807) is 0 Å². The molecule has 0 bridgehead atoms. The van der Waals surface area contributed by atoms with Gasteiger partial charge in [-0.1, -0.05) is 11.1 Å². The summed E-state index contributed by atoms with van der Waals surface area (Å²) >= 11 is 0.274. The molecule has 6 rings (SSSR count). The van der Waals surface area contributed by atoms with Gasteiger partial charge in [0.15, 0.2) is 5.75 Å². The van der Waals surface area contributed by atoms with E-state index < -0.39 is 47.6 Å². The normalized spacial score (nSPS) is 13.6.